The number of carbonyl (C=O) groups is 4. The highest BCUT2D eigenvalue weighted by Gasteiger charge is 2.50. The second-order valence-electron chi connectivity index (χ2n) is 4.76. The van der Waals surface area contributed by atoms with Crippen LogP contribution in [0.3, 0.4) is 0 Å². The van der Waals surface area contributed by atoms with Crippen LogP contribution in [0, 0.1) is 11.8 Å². The van der Waals surface area contributed by atoms with E-state index in [2.05, 4.69) is 4.74 Å². The molecule has 7 heteroatoms. The summed E-state index contributed by atoms with van der Waals surface area (Å²) in [7, 11) is 0. The predicted molar refractivity (Wildman–Crippen MR) is 60.5 cm³/mol. The van der Waals surface area contributed by atoms with E-state index in [1.807, 2.05) is 0 Å². The molecule has 1 aliphatic rings. The molecule has 106 valence electrons. The SMILES string of the molecule is CC(C)C(=O)O[C@H]1C(=O)OC(=O)[C@@H]1OC(=O)C(C)C. The van der Waals surface area contributed by atoms with Crippen LogP contribution < -0.4 is 0 Å². The van der Waals surface area contributed by atoms with E-state index in [-0.39, 0.29) is 0 Å². The van der Waals surface area contributed by atoms with Crippen molar-refractivity contribution in [1.29, 1.82) is 0 Å². The van der Waals surface area contributed by atoms with Gasteiger partial charge < -0.3 is 14.2 Å². The Morgan fingerprint density at radius 3 is 1.47 bits per heavy atom. The average molecular weight is 272 g/mol. The molecule has 7 nitrogen and oxygen atoms in total. The summed E-state index contributed by atoms with van der Waals surface area (Å²) < 4.78 is 14.0. The van der Waals surface area contributed by atoms with Gasteiger partial charge in [-0.1, -0.05) is 27.7 Å². The van der Waals surface area contributed by atoms with Gasteiger partial charge in [0.15, 0.2) is 0 Å². The molecule has 1 saturated heterocycles. The lowest BCUT2D eigenvalue weighted by Crippen LogP contribution is -2.39. The minimum atomic E-state index is -1.52. The van der Waals surface area contributed by atoms with Crippen molar-refractivity contribution in [3.8, 4) is 0 Å². The number of hydrogen-bond acceptors (Lipinski definition) is 7. The fourth-order valence-corrected chi connectivity index (χ4v) is 1.20. The van der Waals surface area contributed by atoms with Crippen molar-refractivity contribution in [1.82, 2.24) is 0 Å². The van der Waals surface area contributed by atoms with Gasteiger partial charge in [0.2, 0.25) is 12.2 Å². The smallest absolute Gasteiger partial charge is 0.359 e. The fourth-order valence-electron chi connectivity index (χ4n) is 1.20. The van der Waals surface area contributed by atoms with Crippen LogP contribution in [0.2, 0.25) is 0 Å². The standard InChI is InChI=1S/C12H16O7/c1-5(2)9(13)17-7-8(12(16)19-11(7)15)18-10(14)6(3)4/h5-8H,1-4H3/t7-,8-/m1/s1. The fraction of sp³-hybridized carbons (Fsp3) is 0.667. The van der Waals surface area contributed by atoms with Crippen LogP contribution in [0.4, 0.5) is 0 Å². The van der Waals surface area contributed by atoms with Crippen molar-refractivity contribution in [2.45, 2.75) is 39.9 Å². The van der Waals surface area contributed by atoms with Crippen LogP contribution in [-0.2, 0) is 33.4 Å². The van der Waals surface area contributed by atoms with E-state index in [4.69, 9.17) is 9.47 Å². The van der Waals surface area contributed by atoms with E-state index in [0.717, 1.165) is 0 Å². The molecule has 19 heavy (non-hydrogen) atoms. The molecule has 0 aromatic carbocycles. The van der Waals surface area contributed by atoms with Crippen molar-refractivity contribution in [2.75, 3.05) is 0 Å². The normalized spacial score (nSPS) is 22.6. The van der Waals surface area contributed by atoms with Crippen molar-refractivity contribution < 1.29 is 33.4 Å². The topological polar surface area (TPSA) is 96.0 Å². The zero-order valence-electron chi connectivity index (χ0n) is 11.2. The quantitative estimate of drug-likeness (QED) is 0.410. The van der Waals surface area contributed by atoms with E-state index >= 15 is 0 Å². The minimum absolute atomic E-state index is 0.482. The first-order valence-electron chi connectivity index (χ1n) is 5.90. The van der Waals surface area contributed by atoms with Crippen LogP contribution >= 0.6 is 0 Å². The third-order valence-electron chi connectivity index (χ3n) is 2.37. The molecular formula is C12H16O7. The summed E-state index contributed by atoms with van der Waals surface area (Å²) in [4.78, 5) is 45.7. The van der Waals surface area contributed by atoms with Gasteiger partial charge in [0.25, 0.3) is 0 Å². The van der Waals surface area contributed by atoms with E-state index in [1.165, 1.54) is 0 Å². The van der Waals surface area contributed by atoms with Crippen LogP contribution in [-0.4, -0.2) is 36.1 Å². The molecule has 1 aliphatic heterocycles. The Morgan fingerprint density at radius 2 is 1.21 bits per heavy atom. The number of hydrogen-bond donors (Lipinski definition) is 0. The van der Waals surface area contributed by atoms with Gasteiger partial charge in [-0.05, 0) is 0 Å². The summed E-state index contributed by atoms with van der Waals surface area (Å²) in [5, 5.41) is 0. The summed E-state index contributed by atoms with van der Waals surface area (Å²) in [6.45, 7) is 6.28. The van der Waals surface area contributed by atoms with E-state index in [9.17, 15) is 19.2 Å². The maximum absolute atomic E-state index is 11.4. The van der Waals surface area contributed by atoms with Crippen LogP contribution in [0.15, 0.2) is 0 Å². The first kappa shape index (κ1) is 15.1. The highest BCUT2D eigenvalue weighted by atomic mass is 16.7. The third-order valence-corrected chi connectivity index (χ3v) is 2.37. The lowest BCUT2D eigenvalue weighted by Gasteiger charge is -2.17. The van der Waals surface area contributed by atoms with Gasteiger partial charge in [-0.2, -0.15) is 0 Å². The van der Waals surface area contributed by atoms with E-state index in [1.54, 1.807) is 27.7 Å². The molecule has 0 bridgehead atoms. The highest BCUT2D eigenvalue weighted by molar-refractivity contribution is 6.01. The number of carbonyl (C=O) groups excluding carboxylic acids is 4. The monoisotopic (exact) mass is 272 g/mol. The van der Waals surface area contributed by atoms with Crippen LogP contribution in [0.1, 0.15) is 27.7 Å². The molecule has 2 atom stereocenters. The van der Waals surface area contributed by atoms with Crippen molar-refractivity contribution in [3.05, 3.63) is 0 Å². The Bertz CT molecular complexity index is 372. The molecule has 0 unspecified atom stereocenters. The van der Waals surface area contributed by atoms with Gasteiger partial charge in [0, 0.05) is 0 Å². The Hall–Kier alpha value is -1.92. The van der Waals surface area contributed by atoms with Crippen LogP contribution in [0.25, 0.3) is 0 Å². The van der Waals surface area contributed by atoms with Gasteiger partial charge in [-0.15, -0.1) is 0 Å². The average Bonchev–Trinajstić information content (AvgIpc) is 2.55. The Kier molecular flexibility index (Phi) is 4.63. The first-order valence-corrected chi connectivity index (χ1v) is 5.90. The summed E-state index contributed by atoms with van der Waals surface area (Å²) in [6, 6.07) is 0. The largest absolute Gasteiger partial charge is 0.445 e. The molecule has 0 aromatic rings. The van der Waals surface area contributed by atoms with Crippen LogP contribution in [0.5, 0.6) is 0 Å². The maximum Gasteiger partial charge on any atom is 0.359 e. The summed E-state index contributed by atoms with van der Waals surface area (Å²) in [5.41, 5.74) is 0. The molecule has 0 N–H and O–H groups in total. The summed E-state index contributed by atoms with van der Waals surface area (Å²) >= 11 is 0. The number of cyclic esters (lactones) is 2. The van der Waals surface area contributed by atoms with Crippen molar-refractivity contribution in [3.63, 3.8) is 0 Å². The first-order chi connectivity index (χ1) is 8.73. The molecule has 0 aromatic heterocycles. The minimum Gasteiger partial charge on any atom is -0.445 e. The zero-order chi connectivity index (χ0) is 14.7. The molecule has 0 aliphatic carbocycles. The zero-order valence-corrected chi connectivity index (χ0v) is 11.2. The Balaban J connectivity index is 2.80. The number of ether oxygens (including phenoxy) is 3. The van der Waals surface area contributed by atoms with Gasteiger partial charge in [-0.3, -0.25) is 9.59 Å². The summed E-state index contributed by atoms with van der Waals surface area (Å²) in [5.74, 6) is -4.37. The molecule has 0 saturated carbocycles. The molecule has 1 fully saturated rings. The van der Waals surface area contributed by atoms with Gasteiger partial charge >= 0.3 is 23.9 Å². The molecule has 1 heterocycles. The Morgan fingerprint density at radius 1 is 0.895 bits per heavy atom. The highest BCUT2D eigenvalue weighted by Crippen LogP contribution is 2.19. The summed E-state index contributed by atoms with van der Waals surface area (Å²) in [6.07, 6.45) is -3.05. The maximum atomic E-state index is 11.4. The van der Waals surface area contributed by atoms with Gasteiger partial charge in [-0.25, -0.2) is 9.59 Å². The van der Waals surface area contributed by atoms with Crippen molar-refractivity contribution >= 4 is 23.9 Å². The Labute approximate surface area is 110 Å². The molecule has 1 rings (SSSR count). The predicted octanol–water partition coefficient (Wildman–Crippen LogP) is 0.205. The molecule has 0 radical (unpaired) electrons. The number of rotatable bonds is 4. The van der Waals surface area contributed by atoms with E-state index < -0.39 is 47.9 Å². The lowest BCUT2D eigenvalue weighted by atomic mass is 10.2. The second-order valence-corrected chi connectivity index (χ2v) is 4.76. The number of esters is 4. The molecular weight excluding hydrogens is 256 g/mol. The van der Waals surface area contributed by atoms with Gasteiger partial charge in [0.05, 0.1) is 11.8 Å². The molecule has 0 spiro atoms. The third kappa shape index (κ3) is 3.52. The molecule has 0 amide bonds. The van der Waals surface area contributed by atoms with Crippen molar-refractivity contribution in [2.24, 2.45) is 11.8 Å². The van der Waals surface area contributed by atoms with Gasteiger partial charge in [0.1, 0.15) is 0 Å². The lowest BCUT2D eigenvalue weighted by molar-refractivity contribution is -0.173. The second kappa shape index (κ2) is 5.81. The van der Waals surface area contributed by atoms with E-state index in [0.29, 0.717) is 0 Å².